The lowest BCUT2D eigenvalue weighted by Crippen LogP contribution is -2.47. The second-order valence-corrected chi connectivity index (χ2v) is 5.24. The predicted octanol–water partition coefficient (Wildman–Crippen LogP) is 1.88. The Bertz CT molecular complexity index is 152. The van der Waals surface area contributed by atoms with Gasteiger partial charge in [0, 0.05) is 5.54 Å². The van der Waals surface area contributed by atoms with Gasteiger partial charge in [0.1, 0.15) is 0 Å². The third-order valence-electron chi connectivity index (χ3n) is 3.17. The largest absolute Gasteiger partial charge is 0.393 e. The molecule has 13 heavy (non-hydrogen) atoms. The zero-order valence-corrected chi connectivity index (χ0v) is 9.38. The average Bonchev–Trinajstić information content (AvgIpc) is 2.03. The second-order valence-electron chi connectivity index (χ2n) is 5.24. The van der Waals surface area contributed by atoms with E-state index < -0.39 is 0 Å². The highest BCUT2D eigenvalue weighted by Gasteiger charge is 2.28. The highest BCUT2D eigenvalue weighted by molar-refractivity contribution is 4.82. The molecule has 0 bridgehead atoms. The summed E-state index contributed by atoms with van der Waals surface area (Å²) in [6.45, 7) is 11.0. The summed E-state index contributed by atoms with van der Waals surface area (Å²) < 4.78 is 0. The molecule has 0 radical (unpaired) electrons. The number of rotatable bonds is 1. The van der Waals surface area contributed by atoms with Crippen LogP contribution in [-0.2, 0) is 0 Å². The predicted molar refractivity (Wildman–Crippen MR) is 55.7 cm³/mol. The summed E-state index contributed by atoms with van der Waals surface area (Å²) in [5, 5.41) is 9.45. The van der Waals surface area contributed by atoms with Crippen molar-refractivity contribution in [2.24, 2.45) is 5.92 Å². The third-order valence-corrected chi connectivity index (χ3v) is 3.17. The van der Waals surface area contributed by atoms with Gasteiger partial charge in [-0.05, 0) is 59.5 Å². The first-order chi connectivity index (χ1) is 5.91. The van der Waals surface area contributed by atoms with E-state index in [2.05, 4.69) is 25.7 Å². The van der Waals surface area contributed by atoms with Crippen molar-refractivity contribution in [1.29, 1.82) is 0 Å². The summed E-state index contributed by atoms with van der Waals surface area (Å²) in [5.41, 5.74) is 0.295. The van der Waals surface area contributed by atoms with Gasteiger partial charge < -0.3 is 5.11 Å². The van der Waals surface area contributed by atoms with Crippen molar-refractivity contribution in [2.75, 3.05) is 13.1 Å². The fourth-order valence-corrected chi connectivity index (χ4v) is 2.05. The van der Waals surface area contributed by atoms with E-state index in [1.165, 1.54) is 0 Å². The minimum absolute atomic E-state index is 0.123. The van der Waals surface area contributed by atoms with Crippen molar-refractivity contribution in [3.8, 4) is 0 Å². The summed E-state index contributed by atoms with van der Waals surface area (Å²) in [6, 6.07) is 0. The molecule has 0 saturated carbocycles. The molecule has 1 fully saturated rings. The molecule has 1 aliphatic heterocycles. The van der Waals surface area contributed by atoms with E-state index in [1.54, 1.807) is 0 Å². The Morgan fingerprint density at radius 3 is 2.00 bits per heavy atom. The molecule has 0 aromatic rings. The van der Waals surface area contributed by atoms with Gasteiger partial charge >= 0.3 is 0 Å². The Kier molecular flexibility index (Phi) is 3.36. The van der Waals surface area contributed by atoms with Gasteiger partial charge in [0.05, 0.1) is 6.10 Å². The van der Waals surface area contributed by atoms with Crippen LogP contribution in [0.15, 0.2) is 0 Å². The zero-order chi connectivity index (χ0) is 10.1. The van der Waals surface area contributed by atoms with Crippen LogP contribution in [0.4, 0.5) is 0 Å². The van der Waals surface area contributed by atoms with E-state index >= 15 is 0 Å². The standard InChI is InChI=1S/C11H23NO/c1-9(13)10-5-7-12(8-6-10)11(2,3)4/h9-10,13H,5-8H2,1-4H3/t9-/m0/s1. The molecule has 0 spiro atoms. The fraction of sp³-hybridized carbons (Fsp3) is 1.00. The first-order valence-corrected chi connectivity index (χ1v) is 5.34. The van der Waals surface area contributed by atoms with Gasteiger partial charge in [-0.1, -0.05) is 0 Å². The number of likely N-dealkylation sites (tertiary alicyclic amines) is 1. The highest BCUT2D eigenvalue weighted by Crippen LogP contribution is 2.25. The molecule has 78 valence electrons. The smallest absolute Gasteiger partial charge is 0.0541 e. The van der Waals surface area contributed by atoms with Crippen LogP contribution in [0, 0.1) is 5.92 Å². The van der Waals surface area contributed by atoms with E-state index in [-0.39, 0.29) is 6.10 Å². The fourth-order valence-electron chi connectivity index (χ4n) is 2.05. The molecular formula is C11H23NO. The minimum atomic E-state index is -0.123. The van der Waals surface area contributed by atoms with Crippen LogP contribution in [0.3, 0.4) is 0 Å². The molecule has 1 rings (SSSR count). The van der Waals surface area contributed by atoms with Crippen LogP contribution in [0.2, 0.25) is 0 Å². The maximum absolute atomic E-state index is 9.45. The normalized spacial score (nSPS) is 24.7. The van der Waals surface area contributed by atoms with E-state index in [4.69, 9.17) is 0 Å². The lowest BCUT2D eigenvalue weighted by molar-refractivity contribution is 0.0364. The molecule has 2 nitrogen and oxygen atoms in total. The second kappa shape index (κ2) is 3.97. The van der Waals surface area contributed by atoms with Crippen molar-refractivity contribution in [3.05, 3.63) is 0 Å². The Morgan fingerprint density at radius 2 is 1.69 bits per heavy atom. The lowest BCUT2D eigenvalue weighted by atomic mass is 9.90. The van der Waals surface area contributed by atoms with Crippen molar-refractivity contribution in [3.63, 3.8) is 0 Å². The summed E-state index contributed by atoms with van der Waals surface area (Å²) in [5.74, 6) is 0.526. The molecule has 0 aliphatic carbocycles. The number of hydrogen-bond donors (Lipinski definition) is 1. The molecule has 1 saturated heterocycles. The van der Waals surface area contributed by atoms with E-state index in [1.807, 2.05) is 6.92 Å². The van der Waals surface area contributed by atoms with E-state index in [9.17, 15) is 5.11 Å². The van der Waals surface area contributed by atoms with Crippen molar-refractivity contribution < 1.29 is 5.11 Å². The summed E-state index contributed by atoms with van der Waals surface area (Å²) in [6.07, 6.45) is 2.17. The van der Waals surface area contributed by atoms with Gasteiger partial charge in [0.15, 0.2) is 0 Å². The van der Waals surface area contributed by atoms with E-state index in [0.717, 1.165) is 25.9 Å². The monoisotopic (exact) mass is 185 g/mol. The van der Waals surface area contributed by atoms with Crippen molar-refractivity contribution in [1.82, 2.24) is 4.90 Å². The molecule has 1 atom stereocenters. The lowest BCUT2D eigenvalue weighted by Gasteiger charge is -2.41. The van der Waals surface area contributed by atoms with Gasteiger partial charge in [-0.25, -0.2) is 0 Å². The minimum Gasteiger partial charge on any atom is -0.393 e. The zero-order valence-electron chi connectivity index (χ0n) is 9.38. The SMILES string of the molecule is C[C@H](O)C1CCN(C(C)(C)C)CC1. The molecule has 1 aliphatic rings. The first kappa shape index (κ1) is 11.0. The molecule has 0 aromatic heterocycles. The molecule has 1 heterocycles. The van der Waals surface area contributed by atoms with Gasteiger partial charge in [-0.15, -0.1) is 0 Å². The quantitative estimate of drug-likeness (QED) is 0.674. The van der Waals surface area contributed by atoms with Crippen LogP contribution in [0.5, 0.6) is 0 Å². The number of piperidine rings is 1. The van der Waals surface area contributed by atoms with Gasteiger partial charge in [-0.2, -0.15) is 0 Å². The first-order valence-electron chi connectivity index (χ1n) is 5.34. The molecule has 0 unspecified atom stereocenters. The van der Waals surface area contributed by atoms with E-state index in [0.29, 0.717) is 11.5 Å². The average molecular weight is 185 g/mol. The summed E-state index contributed by atoms with van der Waals surface area (Å²) in [7, 11) is 0. The topological polar surface area (TPSA) is 23.5 Å². The van der Waals surface area contributed by atoms with Crippen LogP contribution in [0.25, 0.3) is 0 Å². The maximum Gasteiger partial charge on any atom is 0.0541 e. The molecule has 1 N–H and O–H groups in total. The summed E-state index contributed by atoms with van der Waals surface area (Å²) in [4.78, 5) is 2.51. The third kappa shape index (κ3) is 2.96. The Labute approximate surface area is 81.9 Å². The van der Waals surface area contributed by atoms with Crippen LogP contribution < -0.4 is 0 Å². The Morgan fingerprint density at radius 1 is 1.23 bits per heavy atom. The molecule has 2 heteroatoms. The molecule has 0 amide bonds. The van der Waals surface area contributed by atoms with Gasteiger partial charge in [0.2, 0.25) is 0 Å². The number of aliphatic hydroxyl groups excluding tert-OH is 1. The van der Waals surface area contributed by atoms with Crippen molar-refractivity contribution in [2.45, 2.75) is 52.2 Å². The Hall–Kier alpha value is -0.0800. The molecule has 0 aromatic carbocycles. The van der Waals surface area contributed by atoms with Crippen LogP contribution in [0.1, 0.15) is 40.5 Å². The maximum atomic E-state index is 9.45. The van der Waals surface area contributed by atoms with Crippen molar-refractivity contribution >= 4 is 0 Å². The van der Waals surface area contributed by atoms with Crippen LogP contribution >= 0.6 is 0 Å². The number of aliphatic hydroxyl groups is 1. The highest BCUT2D eigenvalue weighted by atomic mass is 16.3. The van der Waals surface area contributed by atoms with Gasteiger partial charge in [-0.3, -0.25) is 4.90 Å². The Balaban J connectivity index is 2.39. The van der Waals surface area contributed by atoms with Gasteiger partial charge in [0.25, 0.3) is 0 Å². The molecular weight excluding hydrogens is 162 g/mol. The summed E-state index contributed by atoms with van der Waals surface area (Å²) >= 11 is 0. The van der Waals surface area contributed by atoms with Crippen LogP contribution in [-0.4, -0.2) is 34.7 Å². The number of hydrogen-bond acceptors (Lipinski definition) is 2. The number of nitrogens with zero attached hydrogens (tertiary/aromatic N) is 1.